The summed E-state index contributed by atoms with van der Waals surface area (Å²) in [5.74, 6) is -0.214. The minimum absolute atomic E-state index is 0.360. The number of rotatable bonds is 2. The first-order chi connectivity index (χ1) is 9.65. The fraction of sp³-hybridized carbons (Fsp3) is 0.500. The first-order valence-electron chi connectivity index (χ1n) is 7.32. The van der Waals surface area contributed by atoms with Crippen molar-refractivity contribution in [3.63, 3.8) is 0 Å². The highest BCUT2D eigenvalue weighted by atomic mass is 16.4. The lowest BCUT2D eigenvalue weighted by molar-refractivity contribution is 0.0697. The van der Waals surface area contributed by atoms with Gasteiger partial charge >= 0.3 is 5.97 Å². The minimum atomic E-state index is -0.868. The predicted octanol–water partition coefficient (Wildman–Crippen LogP) is 2.82. The molecule has 20 heavy (non-hydrogen) atoms. The molecule has 4 heteroatoms. The maximum atomic E-state index is 11.5. The number of aryl methyl sites for hydroxylation is 2. The van der Waals surface area contributed by atoms with E-state index < -0.39 is 5.97 Å². The molecule has 3 rings (SSSR count). The number of hydrogen-bond donors (Lipinski definition) is 1. The van der Waals surface area contributed by atoms with Crippen LogP contribution >= 0.6 is 0 Å². The highest BCUT2D eigenvalue weighted by Crippen LogP contribution is 2.28. The summed E-state index contributed by atoms with van der Waals surface area (Å²) in [4.78, 5) is 18.3. The SMILES string of the molecule is CC1=CCN(c2nc3c(cc2C(=O)O)CCCC3)CC1. The zero-order chi connectivity index (χ0) is 14.1. The Morgan fingerprint density at radius 2 is 2.10 bits per heavy atom. The normalized spacial score (nSPS) is 18.4. The Kier molecular flexibility index (Phi) is 3.47. The summed E-state index contributed by atoms with van der Waals surface area (Å²) in [6.45, 7) is 3.74. The molecule has 0 bridgehead atoms. The summed E-state index contributed by atoms with van der Waals surface area (Å²) in [5, 5.41) is 9.47. The number of aromatic carboxylic acids is 1. The van der Waals surface area contributed by atoms with Crippen LogP contribution in [0.15, 0.2) is 17.7 Å². The van der Waals surface area contributed by atoms with Crippen LogP contribution in [0, 0.1) is 0 Å². The number of hydrogen-bond acceptors (Lipinski definition) is 3. The van der Waals surface area contributed by atoms with Gasteiger partial charge in [-0.2, -0.15) is 0 Å². The number of pyridine rings is 1. The van der Waals surface area contributed by atoms with E-state index >= 15 is 0 Å². The van der Waals surface area contributed by atoms with Crippen LogP contribution in [0.4, 0.5) is 5.82 Å². The van der Waals surface area contributed by atoms with Crippen molar-refractivity contribution >= 4 is 11.8 Å². The third kappa shape index (κ3) is 2.42. The molecular formula is C16H20N2O2. The van der Waals surface area contributed by atoms with Crippen LogP contribution in [0.1, 0.15) is 47.8 Å². The molecule has 0 radical (unpaired) electrons. The Labute approximate surface area is 119 Å². The van der Waals surface area contributed by atoms with Crippen LogP contribution in [0.5, 0.6) is 0 Å². The highest BCUT2D eigenvalue weighted by molar-refractivity contribution is 5.93. The van der Waals surface area contributed by atoms with Crippen molar-refractivity contribution in [1.29, 1.82) is 0 Å². The predicted molar refractivity (Wildman–Crippen MR) is 78.4 cm³/mol. The molecule has 1 aliphatic carbocycles. The summed E-state index contributed by atoms with van der Waals surface area (Å²) in [7, 11) is 0. The van der Waals surface area contributed by atoms with Gasteiger partial charge in [0.2, 0.25) is 0 Å². The van der Waals surface area contributed by atoms with Crippen molar-refractivity contribution in [1.82, 2.24) is 4.98 Å². The molecule has 2 heterocycles. The molecule has 0 spiro atoms. The molecule has 106 valence electrons. The van der Waals surface area contributed by atoms with Gasteiger partial charge in [0.1, 0.15) is 11.4 Å². The van der Waals surface area contributed by atoms with Crippen molar-refractivity contribution in [3.05, 3.63) is 34.5 Å². The topological polar surface area (TPSA) is 53.4 Å². The second kappa shape index (κ2) is 5.27. The highest BCUT2D eigenvalue weighted by Gasteiger charge is 2.23. The average Bonchev–Trinajstić information content (AvgIpc) is 2.46. The molecule has 1 aromatic rings. The third-order valence-electron chi connectivity index (χ3n) is 4.25. The quantitative estimate of drug-likeness (QED) is 0.841. The number of carboxylic acid groups (broad SMARTS) is 1. The molecule has 1 N–H and O–H groups in total. The van der Waals surface area contributed by atoms with Crippen LogP contribution in [-0.2, 0) is 12.8 Å². The number of anilines is 1. The zero-order valence-electron chi connectivity index (χ0n) is 11.9. The molecule has 2 aliphatic rings. The van der Waals surface area contributed by atoms with E-state index in [-0.39, 0.29) is 0 Å². The number of fused-ring (bicyclic) bond motifs is 1. The van der Waals surface area contributed by atoms with Gasteiger partial charge in [-0.3, -0.25) is 0 Å². The Hall–Kier alpha value is -1.84. The average molecular weight is 272 g/mol. The van der Waals surface area contributed by atoms with Gasteiger partial charge in [0.25, 0.3) is 0 Å². The second-order valence-corrected chi connectivity index (χ2v) is 5.72. The first kappa shape index (κ1) is 13.2. The van der Waals surface area contributed by atoms with E-state index in [1.165, 1.54) is 5.57 Å². The van der Waals surface area contributed by atoms with E-state index in [2.05, 4.69) is 17.9 Å². The van der Waals surface area contributed by atoms with Gasteiger partial charge in [-0.15, -0.1) is 0 Å². The van der Waals surface area contributed by atoms with Gasteiger partial charge in [0.15, 0.2) is 0 Å². The lowest BCUT2D eigenvalue weighted by Gasteiger charge is -2.29. The van der Waals surface area contributed by atoms with Crippen molar-refractivity contribution in [2.75, 3.05) is 18.0 Å². The van der Waals surface area contributed by atoms with Gasteiger partial charge in [0.05, 0.1) is 0 Å². The Morgan fingerprint density at radius 1 is 1.30 bits per heavy atom. The number of carbonyl (C=O) groups is 1. The van der Waals surface area contributed by atoms with Gasteiger partial charge in [-0.05, 0) is 50.7 Å². The summed E-state index contributed by atoms with van der Waals surface area (Å²) < 4.78 is 0. The van der Waals surface area contributed by atoms with E-state index in [0.717, 1.165) is 56.5 Å². The molecular weight excluding hydrogens is 252 g/mol. The largest absolute Gasteiger partial charge is 0.478 e. The van der Waals surface area contributed by atoms with Gasteiger partial charge < -0.3 is 10.0 Å². The fourth-order valence-electron chi connectivity index (χ4n) is 2.98. The van der Waals surface area contributed by atoms with Crippen molar-refractivity contribution in [2.45, 2.75) is 39.0 Å². The van der Waals surface area contributed by atoms with Gasteiger partial charge in [0, 0.05) is 18.8 Å². The molecule has 0 fully saturated rings. The molecule has 0 unspecified atom stereocenters. The molecule has 0 saturated heterocycles. The second-order valence-electron chi connectivity index (χ2n) is 5.72. The Morgan fingerprint density at radius 3 is 2.80 bits per heavy atom. The van der Waals surface area contributed by atoms with E-state index in [1.54, 1.807) is 0 Å². The lowest BCUT2D eigenvalue weighted by Crippen LogP contribution is -2.31. The van der Waals surface area contributed by atoms with E-state index in [9.17, 15) is 9.90 Å². The van der Waals surface area contributed by atoms with Gasteiger partial charge in [-0.25, -0.2) is 9.78 Å². The van der Waals surface area contributed by atoms with Gasteiger partial charge in [-0.1, -0.05) is 11.6 Å². The number of carboxylic acids is 1. The minimum Gasteiger partial charge on any atom is -0.478 e. The molecule has 4 nitrogen and oxygen atoms in total. The maximum absolute atomic E-state index is 11.5. The summed E-state index contributed by atoms with van der Waals surface area (Å²) in [6.07, 6.45) is 7.38. The Balaban J connectivity index is 2.02. The monoisotopic (exact) mass is 272 g/mol. The molecule has 1 aliphatic heterocycles. The number of nitrogens with zero attached hydrogens (tertiary/aromatic N) is 2. The van der Waals surface area contributed by atoms with Crippen LogP contribution in [0.25, 0.3) is 0 Å². The smallest absolute Gasteiger partial charge is 0.339 e. The summed E-state index contributed by atoms with van der Waals surface area (Å²) in [5.41, 5.74) is 3.96. The molecule has 1 aromatic heterocycles. The standard InChI is InChI=1S/C16H20N2O2/c1-11-6-8-18(9-7-11)15-13(16(19)20)10-12-4-2-3-5-14(12)17-15/h6,10H,2-5,7-9H2,1H3,(H,19,20). The van der Waals surface area contributed by atoms with E-state index in [0.29, 0.717) is 11.4 Å². The lowest BCUT2D eigenvalue weighted by atomic mass is 9.94. The van der Waals surface area contributed by atoms with Crippen LogP contribution in [-0.4, -0.2) is 29.1 Å². The molecule has 0 saturated carbocycles. The van der Waals surface area contributed by atoms with Crippen molar-refractivity contribution in [3.8, 4) is 0 Å². The first-order valence-corrected chi connectivity index (χ1v) is 7.32. The third-order valence-corrected chi connectivity index (χ3v) is 4.25. The van der Waals surface area contributed by atoms with Crippen LogP contribution < -0.4 is 4.90 Å². The summed E-state index contributed by atoms with van der Waals surface area (Å²) in [6, 6.07) is 1.85. The van der Waals surface area contributed by atoms with Crippen LogP contribution in [0.3, 0.4) is 0 Å². The maximum Gasteiger partial charge on any atom is 0.339 e. The molecule has 0 aromatic carbocycles. The Bertz CT molecular complexity index is 578. The van der Waals surface area contributed by atoms with Crippen molar-refractivity contribution in [2.24, 2.45) is 0 Å². The van der Waals surface area contributed by atoms with Crippen molar-refractivity contribution < 1.29 is 9.90 Å². The summed E-state index contributed by atoms with van der Waals surface area (Å²) >= 11 is 0. The van der Waals surface area contributed by atoms with Crippen LogP contribution in [0.2, 0.25) is 0 Å². The van der Waals surface area contributed by atoms with E-state index in [1.807, 2.05) is 6.07 Å². The zero-order valence-corrected chi connectivity index (χ0v) is 11.9. The fourth-order valence-corrected chi connectivity index (χ4v) is 2.98. The number of aromatic nitrogens is 1. The molecule has 0 atom stereocenters. The van der Waals surface area contributed by atoms with E-state index in [4.69, 9.17) is 4.98 Å². The molecule has 0 amide bonds.